The molecular formula is C11H17N3. The minimum absolute atomic E-state index is 0.435. The second-order valence-electron chi connectivity index (χ2n) is 4.58. The lowest BCUT2D eigenvalue weighted by Gasteiger charge is -2.11. The van der Waals surface area contributed by atoms with Crippen LogP contribution in [0.2, 0.25) is 0 Å². The molecule has 1 aromatic heterocycles. The molecule has 1 aromatic rings. The van der Waals surface area contributed by atoms with Gasteiger partial charge in [-0.2, -0.15) is 10.4 Å². The van der Waals surface area contributed by atoms with Crippen molar-refractivity contribution < 1.29 is 0 Å². The smallest absolute Gasteiger partial charge is 0.0796 e. The minimum atomic E-state index is -0.435. The summed E-state index contributed by atoms with van der Waals surface area (Å²) in [7, 11) is 0. The van der Waals surface area contributed by atoms with Crippen molar-refractivity contribution in [3.8, 4) is 6.07 Å². The fraction of sp³-hybridized carbons (Fsp3) is 0.636. The van der Waals surface area contributed by atoms with Crippen LogP contribution in [0.1, 0.15) is 33.3 Å². The third-order valence-corrected chi connectivity index (χ3v) is 2.19. The van der Waals surface area contributed by atoms with E-state index < -0.39 is 5.41 Å². The van der Waals surface area contributed by atoms with Crippen LogP contribution in [0.25, 0.3) is 0 Å². The minimum Gasteiger partial charge on any atom is -0.272 e. The summed E-state index contributed by atoms with van der Waals surface area (Å²) in [6.45, 7) is 9.02. The fourth-order valence-electron chi connectivity index (χ4n) is 1.22. The highest BCUT2D eigenvalue weighted by atomic mass is 15.3. The molecule has 1 rings (SSSR count). The van der Waals surface area contributed by atoms with E-state index in [-0.39, 0.29) is 0 Å². The maximum Gasteiger partial charge on any atom is 0.0796 e. The van der Waals surface area contributed by atoms with E-state index in [0.717, 1.165) is 12.1 Å². The summed E-state index contributed by atoms with van der Waals surface area (Å²) in [5, 5.41) is 13.2. The summed E-state index contributed by atoms with van der Waals surface area (Å²) in [6, 6.07) is 2.27. The Morgan fingerprint density at radius 2 is 2.21 bits per heavy atom. The third kappa shape index (κ3) is 2.35. The quantitative estimate of drug-likeness (QED) is 0.735. The predicted octanol–water partition coefficient (Wildman–Crippen LogP) is 2.34. The third-order valence-electron chi connectivity index (χ3n) is 2.19. The molecule has 0 saturated carbocycles. The van der Waals surface area contributed by atoms with Crippen LogP contribution in [0, 0.1) is 17.2 Å². The Kier molecular flexibility index (Phi) is 2.95. The van der Waals surface area contributed by atoms with Crippen LogP contribution in [0.3, 0.4) is 0 Å². The number of nitrogens with zero attached hydrogens (tertiary/aromatic N) is 3. The van der Waals surface area contributed by atoms with E-state index >= 15 is 0 Å². The van der Waals surface area contributed by atoms with Gasteiger partial charge in [0.1, 0.15) is 0 Å². The first kappa shape index (κ1) is 10.8. The lowest BCUT2D eigenvalue weighted by molar-refractivity contribution is 0.482. The Morgan fingerprint density at radius 1 is 1.57 bits per heavy atom. The second-order valence-corrected chi connectivity index (χ2v) is 4.58. The van der Waals surface area contributed by atoms with Gasteiger partial charge in [0, 0.05) is 18.3 Å². The van der Waals surface area contributed by atoms with E-state index in [1.165, 1.54) is 0 Å². The molecule has 14 heavy (non-hydrogen) atoms. The number of nitriles is 1. The predicted molar refractivity (Wildman–Crippen MR) is 55.7 cm³/mol. The molecule has 0 atom stereocenters. The molecule has 3 nitrogen and oxygen atoms in total. The highest BCUT2D eigenvalue weighted by Gasteiger charge is 2.21. The molecule has 0 unspecified atom stereocenters. The molecule has 1 heterocycles. The fourth-order valence-corrected chi connectivity index (χ4v) is 1.22. The summed E-state index contributed by atoms with van der Waals surface area (Å²) in [5.74, 6) is 0.577. The first-order chi connectivity index (χ1) is 6.45. The second kappa shape index (κ2) is 3.83. The molecule has 3 heteroatoms. The lowest BCUT2D eigenvalue weighted by Crippen LogP contribution is -2.12. The van der Waals surface area contributed by atoms with Gasteiger partial charge in [-0.3, -0.25) is 4.68 Å². The monoisotopic (exact) mass is 191 g/mol. The van der Waals surface area contributed by atoms with Crippen molar-refractivity contribution in [3.05, 3.63) is 18.0 Å². The van der Waals surface area contributed by atoms with Gasteiger partial charge in [0.2, 0.25) is 0 Å². The van der Waals surface area contributed by atoms with Crippen LogP contribution < -0.4 is 0 Å². The molecule has 0 spiro atoms. The van der Waals surface area contributed by atoms with Gasteiger partial charge in [0.25, 0.3) is 0 Å². The van der Waals surface area contributed by atoms with Gasteiger partial charge >= 0.3 is 0 Å². The van der Waals surface area contributed by atoms with Crippen molar-refractivity contribution in [3.63, 3.8) is 0 Å². The van der Waals surface area contributed by atoms with Crippen molar-refractivity contribution in [1.82, 2.24) is 9.78 Å². The van der Waals surface area contributed by atoms with Crippen LogP contribution in [-0.4, -0.2) is 9.78 Å². The van der Waals surface area contributed by atoms with Gasteiger partial charge in [0.05, 0.1) is 17.7 Å². The normalized spacial score (nSPS) is 11.7. The number of hydrogen-bond acceptors (Lipinski definition) is 2. The molecule has 0 aliphatic carbocycles. The molecule has 0 aliphatic rings. The van der Waals surface area contributed by atoms with Crippen LogP contribution in [-0.2, 0) is 12.0 Å². The van der Waals surface area contributed by atoms with Crippen LogP contribution >= 0.6 is 0 Å². The average Bonchev–Trinajstić information content (AvgIpc) is 2.52. The van der Waals surface area contributed by atoms with Crippen molar-refractivity contribution in [1.29, 1.82) is 5.26 Å². The number of hydrogen-bond donors (Lipinski definition) is 0. The highest BCUT2D eigenvalue weighted by Crippen LogP contribution is 2.21. The SMILES string of the molecule is CC(C)Cn1cc(C(C)(C)C#N)cn1. The molecule has 0 N–H and O–H groups in total. The topological polar surface area (TPSA) is 41.6 Å². The summed E-state index contributed by atoms with van der Waals surface area (Å²) in [5.41, 5.74) is 0.551. The molecule has 76 valence electrons. The summed E-state index contributed by atoms with van der Waals surface area (Å²) >= 11 is 0. The zero-order valence-electron chi connectivity index (χ0n) is 9.28. The van der Waals surface area contributed by atoms with E-state index in [0.29, 0.717) is 5.92 Å². The van der Waals surface area contributed by atoms with Gasteiger partial charge in [-0.05, 0) is 19.8 Å². The van der Waals surface area contributed by atoms with E-state index in [9.17, 15) is 0 Å². The maximum atomic E-state index is 8.95. The van der Waals surface area contributed by atoms with Crippen molar-refractivity contribution in [2.24, 2.45) is 5.92 Å². The number of rotatable bonds is 3. The first-order valence-electron chi connectivity index (χ1n) is 4.90. The van der Waals surface area contributed by atoms with Gasteiger partial charge in [-0.25, -0.2) is 0 Å². The largest absolute Gasteiger partial charge is 0.272 e. The van der Waals surface area contributed by atoms with Crippen molar-refractivity contribution >= 4 is 0 Å². The van der Waals surface area contributed by atoms with Gasteiger partial charge in [0.15, 0.2) is 0 Å². The molecule has 0 saturated heterocycles. The van der Waals surface area contributed by atoms with Crippen molar-refractivity contribution in [2.45, 2.75) is 39.7 Å². The standard InChI is InChI=1S/C11H17N3/c1-9(2)6-14-7-10(5-13-14)11(3,4)8-12/h5,7,9H,6H2,1-4H3. The Morgan fingerprint density at radius 3 is 2.71 bits per heavy atom. The summed E-state index contributed by atoms with van der Waals surface area (Å²) < 4.78 is 1.90. The van der Waals surface area contributed by atoms with E-state index in [1.807, 2.05) is 24.7 Å². The molecule has 0 bridgehead atoms. The Balaban J connectivity index is 2.84. The maximum absolute atomic E-state index is 8.95. The zero-order chi connectivity index (χ0) is 10.8. The van der Waals surface area contributed by atoms with Gasteiger partial charge < -0.3 is 0 Å². The molecule has 0 aromatic carbocycles. The molecule has 0 amide bonds. The molecule has 0 fully saturated rings. The highest BCUT2D eigenvalue weighted by molar-refractivity contribution is 5.25. The van der Waals surface area contributed by atoms with E-state index in [2.05, 4.69) is 25.0 Å². The lowest BCUT2D eigenvalue weighted by atomic mass is 9.89. The van der Waals surface area contributed by atoms with E-state index in [1.54, 1.807) is 6.20 Å². The van der Waals surface area contributed by atoms with Crippen LogP contribution in [0.15, 0.2) is 12.4 Å². The molecule has 0 aliphatic heterocycles. The van der Waals surface area contributed by atoms with Crippen LogP contribution in [0.4, 0.5) is 0 Å². The zero-order valence-corrected chi connectivity index (χ0v) is 9.28. The Bertz CT molecular complexity index is 342. The first-order valence-corrected chi connectivity index (χ1v) is 4.90. The summed E-state index contributed by atoms with van der Waals surface area (Å²) in [4.78, 5) is 0. The number of aromatic nitrogens is 2. The van der Waals surface area contributed by atoms with Crippen LogP contribution in [0.5, 0.6) is 0 Å². The average molecular weight is 191 g/mol. The molecule has 0 radical (unpaired) electrons. The van der Waals surface area contributed by atoms with E-state index in [4.69, 9.17) is 5.26 Å². The Hall–Kier alpha value is -1.30. The van der Waals surface area contributed by atoms with Gasteiger partial charge in [-0.1, -0.05) is 13.8 Å². The van der Waals surface area contributed by atoms with Gasteiger partial charge in [-0.15, -0.1) is 0 Å². The summed E-state index contributed by atoms with van der Waals surface area (Å²) in [6.07, 6.45) is 3.74. The van der Waals surface area contributed by atoms with Crippen molar-refractivity contribution in [2.75, 3.05) is 0 Å². The Labute approximate surface area is 85.4 Å². The molecular weight excluding hydrogens is 174 g/mol.